The number of hydrogen-bond acceptors (Lipinski definition) is 5. The number of ether oxygens (including phenoxy) is 2. The predicted octanol–water partition coefficient (Wildman–Crippen LogP) is 3.41. The molecule has 1 atom stereocenters. The second-order valence-electron chi connectivity index (χ2n) is 5.69. The van der Waals surface area contributed by atoms with Crippen LogP contribution in [-0.2, 0) is 6.54 Å². The van der Waals surface area contributed by atoms with E-state index in [1.807, 2.05) is 0 Å². The first kappa shape index (κ1) is 17.3. The maximum Gasteiger partial charge on any atom is 0.134 e. The fourth-order valence-electron chi connectivity index (χ4n) is 2.63. The summed E-state index contributed by atoms with van der Waals surface area (Å²) in [5.74, 6) is 1.62. The average molecular weight is 345 g/mol. The summed E-state index contributed by atoms with van der Waals surface area (Å²) in [4.78, 5) is 0. The molecule has 25 heavy (non-hydrogen) atoms. The SMILES string of the molecule is COc1cc(OC)cc(C(O)CNCc2cc3cc(F)ccc3o2)c1. The van der Waals surface area contributed by atoms with Gasteiger partial charge in [-0.3, -0.25) is 0 Å². The molecule has 5 nitrogen and oxygen atoms in total. The minimum atomic E-state index is -0.731. The van der Waals surface area contributed by atoms with E-state index in [9.17, 15) is 9.50 Å². The molecule has 3 rings (SSSR count). The Hall–Kier alpha value is -2.57. The zero-order chi connectivity index (χ0) is 17.8. The molecule has 0 saturated heterocycles. The smallest absolute Gasteiger partial charge is 0.134 e. The number of halogens is 1. The lowest BCUT2D eigenvalue weighted by molar-refractivity contribution is 0.172. The maximum atomic E-state index is 13.2. The van der Waals surface area contributed by atoms with Gasteiger partial charge in [-0.05, 0) is 42.0 Å². The number of furan rings is 1. The van der Waals surface area contributed by atoms with Crippen molar-refractivity contribution in [3.8, 4) is 11.5 Å². The molecule has 0 aliphatic carbocycles. The Bertz CT molecular complexity index is 840. The molecule has 2 N–H and O–H groups in total. The molecule has 6 heteroatoms. The van der Waals surface area contributed by atoms with Crippen LogP contribution < -0.4 is 14.8 Å². The second-order valence-corrected chi connectivity index (χ2v) is 5.69. The Labute approximate surface area is 145 Å². The highest BCUT2D eigenvalue weighted by molar-refractivity contribution is 5.77. The molecule has 0 spiro atoms. The molecule has 0 aliphatic heterocycles. The summed E-state index contributed by atoms with van der Waals surface area (Å²) < 4.78 is 29.3. The van der Waals surface area contributed by atoms with E-state index in [2.05, 4.69) is 5.32 Å². The van der Waals surface area contributed by atoms with Gasteiger partial charge in [0.25, 0.3) is 0 Å². The standard InChI is InChI=1S/C19H20FNO4/c1-23-15-6-12(7-16(9-15)24-2)18(22)11-21-10-17-8-13-5-14(20)3-4-19(13)25-17/h3-9,18,21-22H,10-11H2,1-2H3. The normalized spacial score (nSPS) is 12.3. The van der Waals surface area contributed by atoms with Gasteiger partial charge in [0.05, 0.1) is 26.9 Å². The summed E-state index contributed by atoms with van der Waals surface area (Å²) in [5, 5.41) is 14.2. The number of aliphatic hydroxyl groups excluding tert-OH is 1. The lowest BCUT2D eigenvalue weighted by Gasteiger charge is -2.14. The van der Waals surface area contributed by atoms with Crippen LogP contribution in [-0.4, -0.2) is 25.9 Å². The number of hydrogen-bond donors (Lipinski definition) is 2. The van der Waals surface area contributed by atoms with E-state index in [0.717, 1.165) is 5.39 Å². The summed E-state index contributed by atoms with van der Waals surface area (Å²) in [6, 6.07) is 11.5. The summed E-state index contributed by atoms with van der Waals surface area (Å²) in [7, 11) is 3.13. The Morgan fingerprint density at radius 2 is 1.80 bits per heavy atom. The molecule has 0 radical (unpaired) electrons. The van der Waals surface area contributed by atoms with Crippen molar-refractivity contribution in [1.29, 1.82) is 0 Å². The first-order chi connectivity index (χ1) is 12.1. The molecule has 2 aromatic carbocycles. The third-order valence-corrected chi connectivity index (χ3v) is 3.92. The molecule has 1 aromatic heterocycles. The van der Waals surface area contributed by atoms with Crippen LogP contribution in [0.5, 0.6) is 11.5 Å². The van der Waals surface area contributed by atoms with Gasteiger partial charge in [0.1, 0.15) is 28.7 Å². The van der Waals surface area contributed by atoms with Gasteiger partial charge in [-0.15, -0.1) is 0 Å². The molecule has 0 bridgehead atoms. The monoisotopic (exact) mass is 345 g/mol. The van der Waals surface area contributed by atoms with Gasteiger partial charge in [-0.2, -0.15) is 0 Å². The lowest BCUT2D eigenvalue weighted by Crippen LogP contribution is -2.20. The lowest BCUT2D eigenvalue weighted by atomic mass is 10.1. The molecule has 1 heterocycles. The number of methoxy groups -OCH3 is 2. The van der Waals surface area contributed by atoms with Crippen LogP contribution in [0.4, 0.5) is 4.39 Å². The maximum absolute atomic E-state index is 13.2. The third kappa shape index (κ3) is 4.10. The van der Waals surface area contributed by atoms with Crippen molar-refractivity contribution < 1.29 is 23.4 Å². The minimum Gasteiger partial charge on any atom is -0.497 e. The van der Waals surface area contributed by atoms with E-state index in [-0.39, 0.29) is 5.82 Å². The van der Waals surface area contributed by atoms with Crippen molar-refractivity contribution in [2.45, 2.75) is 12.6 Å². The largest absolute Gasteiger partial charge is 0.497 e. The topological polar surface area (TPSA) is 63.9 Å². The highest BCUT2D eigenvalue weighted by Crippen LogP contribution is 2.26. The van der Waals surface area contributed by atoms with Crippen LogP contribution in [0, 0.1) is 5.82 Å². The number of rotatable bonds is 7. The highest BCUT2D eigenvalue weighted by atomic mass is 19.1. The van der Waals surface area contributed by atoms with Crippen molar-refractivity contribution in [3.63, 3.8) is 0 Å². The van der Waals surface area contributed by atoms with Crippen LogP contribution in [0.3, 0.4) is 0 Å². The number of nitrogens with one attached hydrogen (secondary N) is 1. The molecular formula is C19H20FNO4. The van der Waals surface area contributed by atoms with Gasteiger partial charge >= 0.3 is 0 Å². The Balaban J connectivity index is 1.62. The van der Waals surface area contributed by atoms with Crippen molar-refractivity contribution >= 4 is 11.0 Å². The van der Waals surface area contributed by atoms with Gasteiger partial charge in [-0.1, -0.05) is 0 Å². The van der Waals surface area contributed by atoms with Gasteiger partial charge in [0.2, 0.25) is 0 Å². The van der Waals surface area contributed by atoms with Gasteiger partial charge < -0.3 is 24.3 Å². The molecule has 3 aromatic rings. The van der Waals surface area contributed by atoms with Gasteiger partial charge in [-0.25, -0.2) is 4.39 Å². The molecule has 0 saturated carbocycles. The van der Waals surface area contributed by atoms with Crippen LogP contribution in [0.25, 0.3) is 11.0 Å². The van der Waals surface area contributed by atoms with E-state index in [0.29, 0.717) is 41.5 Å². The van der Waals surface area contributed by atoms with Crippen LogP contribution in [0.15, 0.2) is 46.9 Å². The van der Waals surface area contributed by atoms with Crippen molar-refractivity contribution in [2.24, 2.45) is 0 Å². The summed E-state index contributed by atoms with van der Waals surface area (Å²) in [6.07, 6.45) is -0.731. The van der Waals surface area contributed by atoms with Gasteiger partial charge in [0, 0.05) is 18.0 Å². The van der Waals surface area contributed by atoms with Crippen molar-refractivity contribution in [2.75, 3.05) is 20.8 Å². The average Bonchev–Trinajstić information content (AvgIpc) is 3.02. The molecule has 0 amide bonds. The fraction of sp³-hybridized carbons (Fsp3) is 0.263. The molecule has 0 aliphatic rings. The number of fused-ring (bicyclic) bond motifs is 1. The van der Waals surface area contributed by atoms with Crippen molar-refractivity contribution in [1.82, 2.24) is 5.32 Å². The van der Waals surface area contributed by atoms with E-state index in [1.165, 1.54) is 12.1 Å². The minimum absolute atomic E-state index is 0.296. The Morgan fingerprint density at radius 1 is 1.08 bits per heavy atom. The molecular weight excluding hydrogens is 325 g/mol. The van der Waals surface area contributed by atoms with E-state index < -0.39 is 6.10 Å². The van der Waals surface area contributed by atoms with Crippen LogP contribution in [0.2, 0.25) is 0 Å². The zero-order valence-electron chi connectivity index (χ0n) is 14.1. The predicted molar refractivity (Wildman–Crippen MR) is 92.4 cm³/mol. The number of aliphatic hydroxyl groups is 1. The highest BCUT2D eigenvalue weighted by Gasteiger charge is 2.12. The summed E-state index contributed by atoms with van der Waals surface area (Å²) in [5.41, 5.74) is 1.33. The quantitative estimate of drug-likeness (QED) is 0.687. The fourth-order valence-corrected chi connectivity index (χ4v) is 2.63. The van der Waals surface area contributed by atoms with E-state index in [1.54, 1.807) is 44.6 Å². The van der Waals surface area contributed by atoms with Crippen molar-refractivity contribution in [3.05, 3.63) is 59.6 Å². The summed E-state index contributed by atoms with van der Waals surface area (Å²) in [6.45, 7) is 0.746. The Kier molecular flexibility index (Phi) is 5.21. The van der Waals surface area contributed by atoms with E-state index >= 15 is 0 Å². The summed E-state index contributed by atoms with van der Waals surface area (Å²) >= 11 is 0. The third-order valence-electron chi connectivity index (χ3n) is 3.92. The zero-order valence-corrected chi connectivity index (χ0v) is 14.1. The number of benzene rings is 2. The Morgan fingerprint density at radius 3 is 2.48 bits per heavy atom. The first-order valence-electron chi connectivity index (χ1n) is 7.89. The van der Waals surface area contributed by atoms with E-state index in [4.69, 9.17) is 13.9 Å². The molecule has 1 unspecified atom stereocenters. The second kappa shape index (κ2) is 7.55. The molecule has 0 fully saturated rings. The van der Waals surface area contributed by atoms with Gasteiger partial charge in [0.15, 0.2) is 0 Å². The van der Waals surface area contributed by atoms with Crippen LogP contribution >= 0.6 is 0 Å². The first-order valence-corrected chi connectivity index (χ1v) is 7.89. The molecule has 132 valence electrons. The van der Waals surface area contributed by atoms with Crippen LogP contribution in [0.1, 0.15) is 17.4 Å².